The fourth-order valence-electron chi connectivity index (χ4n) is 3.11. The number of aliphatic hydroxyl groups is 1. The molecular formula is C18H23N3O. The van der Waals surface area contributed by atoms with Crippen LogP contribution in [0.3, 0.4) is 0 Å². The van der Waals surface area contributed by atoms with E-state index in [9.17, 15) is 5.11 Å². The zero-order valence-corrected chi connectivity index (χ0v) is 13.2. The van der Waals surface area contributed by atoms with Crippen LogP contribution >= 0.6 is 0 Å². The van der Waals surface area contributed by atoms with Gasteiger partial charge in [-0.3, -0.25) is 0 Å². The lowest BCUT2D eigenvalue weighted by Crippen LogP contribution is -2.41. The average Bonchev–Trinajstić information content (AvgIpc) is 2.52. The van der Waals surface area contributed by atoms with Gasteiger partial charge in [0.1, 0.15) is 0 Å². The van der Waals surface area contributed by atoms with Gasteiger partial charge in [0, 0.05) is 24.0 Å². The van der Waals surface area contributed by atoms with Gasteiger partial charge in [-0.05, 0) is 30.2 Å². The molecule has 3 rings (SSSR count). The lowest BCUT2D eigenvalue weighted by atomic mass is 9.73. The molecule has 1 aromatic carbocycles. The Morgan fingerprint density at radius 3 is 2.36 bits per heavy atom. The molecule has 116 valence electrons. The molecule has 22 heavy (non-hydrogen) atoms. The summed E-state index contributed by atoms with van der Waals surface area (Å²) in [5.41, 5.74) is 2.08. The Morgan fingerprint density at radius 1 is 1.05 bits per heavy atom. The van der Waals surface area contributed by atoms with Gasteiger partial charge in [-0.15, -0.1) is 0 Å². The van der Waals surface area contributed by atoms with E-state index in [1.807, 2.05) is 30.6 Å². The molecule has 2 atom stereocenters. The molecule has 2 aromatic rings. The van der Waals surface area contributed by atoms with E-state index < -0.39 is 0 Å². The van der Waals surface area contributed by atoms with Crippen molar-refractivity contribution in [1.29, 1.82) is 0 Å². The van der Waals surface area contributed by atoms with E-state index in [0.717, 1.165) is 30.4 Å². The summed E-state index contributed by atoms with van der Waals surface area (Å²) in [7, 11) is 0. The van der Waals surface area contributed by atoms with Crippen LogP contribution in [0.15, 0.2) is 42.7 Å². The molecule has 0 amide bonds. The molecule has 0 radical (unpaired) electrons. The van der Waals surface area contributed by atoms with Crippen LogP contribution in [0, 0.1) is 5.41 Å². The lowest BCUT2D eigenvalue weighted by molar-refractivity contribution is 0.00922. The first-order chi connectivity index (χ1) is 10.5. The van der Waals surface area contributed by atoms with Gasteiger partial charge in [-0.25, -0.2) is 9.97 Å². The number of rotatable bonds is 3. The van der Waals surface area contributed by atoms with Crippen molar-refractivity contribution in [3.05, 3.63) is 42.7 Å². The second-order valence-electron chi connectivity index (χ2n) is 6.79. The molecule has 0 unspecified atom stereocenters. The standard InChI is InChI=1S/C18H23N3O/c1-18(2)10-15(8-9-16(18)22)21-17-19-11-14(12-20-17)13-6-4-3-5-7-13/h3-7,11-12,15-16,22H,8-10H2,1-2H3,(H,19,20,21)/t15-,16-/m0/s1. The predicted molar refractivity (Wildman–Crippen MR) is 88.5 cm³/mol. The molecule has 0 spiro atoms. The third-order valence-electron chi connectivity index (χ3n) is 4.56. The van der Waals surface area contributed by atoms with E-state index in [0.29, 0.717) is 12.0 Å². The summed E-state index contributed by atoms with van der Waals surface area (Å²) in [6.45, 7) is 4.23. The number of aromatic nitrogens is 2. The van der Waals surface area contributed by atoms with E-state index >= 15 is 0 Å². The highest BCUT2D eigenvalue weighted by atomic mass is 16.3. The van der Waals surface area contributed by atoms with Crippen molar-refractivity contribution in [3.63, 3.8) is 0 Å². The van der Waals surface area contributed by atoms with Crippen LogP contribution in [-0.4, -0.2) is 27.2 Å². The van der Waals surface area contributed by atoms with Gasteiger partial charge in [-0.1, -0.05) is 44.2 Å². The van der Waals surface area contributed by atoms with E-state index in [4.69, 9.17) is 0 Å². The molecule has 1 aromatic heterocycles. The van der Waals surface area contributed by atoms with Gasteiger partial charge in [0.15, 0.2) is 0 Å². The van der Waals surface area contributed by atoms with Crippen molar-refractivity contribution in [2.24, 2.45) is 5.41 Å². The third kappa shape index (κ3) is 3.28. The Kier molecular flexibility index (Phi) is 4.12. The molecule has 1 fully saturated rings. The zero-order chi connectivity index (χ0) is 15.6. The van der Waals surface area contributed by atoms with Crippen LogP contribution in [0.25, 0.3) is 11.1 Å². The van der Waals surface area contributed by atoms with Crippen molar-refractivity contribution >= 4 is 5.95 Å². The number of anilines is 1. The molecule has 0 saturated heterocycles. The molecule has 4 heteroatoms. The lowest BCUT2D eigenvalue weighted by Gasteiger charge is -2.39. The van der Waals surface area contributed by atoms with Crippen LogP contribution in [-0.2, 0) is 0 Å². The number of hydrogen-bond acceptors (Lipinski definition) is 4. The molecule has 2 N–H and O–H groups in total. The maximum absolute atomic E-state index is 10.0. The Hall–Kier alpha value is -1.94. The first-order valence-corrected chi connectivity index (χ1v) is 7.87. The molecular weight excluding hydrogens is 274 g/mol. The van der Waals surface area contributed by atoms with Gasteiger partial charge >= 0.3 is 0 Å². The van der Waals surface area contributed by atoms with Gasteiger partial charge in [0.25, 0.3) is 0 Å². The number of aliphatic hydroxyl groups excluding tert-OH is 1. The number of nitrogens with zero attached hydrogens (tertiary/aromatic N) is 2. The monoisotopic (exact) mass is 297 g/mol. The molecule has 4 nitrogen and oxygen atoms in total. The summed E-state index contributed by atoms with van der Waals surface area (Å²) in [5.74, 6) is 0.664. The number of nitrogens with one attached hydrogen (secondary N) is 1. The van der Waals surface area contributed by atoms with E-state index in [1.54, 1.807) is 0 Å². The summed E-state index contributed by atoms with van der Waals surface area (Å²) in [6, 6.07) is 10.4. The van der Waals surface area contributed by atoms with Crippen molar-refractivity contribution in [2.75, 3.05) is 5.32 Å². The first-order valence-electron chi connectivity index (χ1n) is 7.87. The summed E-state index contributed by atoms with van der Waals surface area (Å²) >= 11 is 0. The molecule has 1 aliphatic carbocycles. The molecule has 0 aliphatic heterocycles. The second kappa shape index (κ2) is 6.05. The molecule has 0 bridgehead atoms. The van der Waals surface area contributed by atoms with Crippen molar-refractivity contribution in [2.45, 2.75) is 45.3 Å². The van der Waals surface area contributed by atoms with Crippen LogP contribution in [0.5, 0.6) is 0 Å². The smallest absolute Gasteiger partial charge is 0.222 e. The van der Waals surface area contributed by atoms with E-state index in [1.165, 1.54) is 0 Å². The van der Waals surface area contributed by atoms with Gasteiger partial charge < -0.3 is 10.4 Å². The maximum atomic E-state index is 10.0. The van der Waals surface area contributed by atoms with Crippen LogP contribution in [0.2, 0.25) is 0 Å². The molecule has 1 aliphatic rings. The van der Waals surface area contributed by atoms with Crippen LogP contribution in [0.1, 0.15) is 33.1 Å². The minimum atomic E-state index is -0.216. The van der Waals surface area contributed by atoms with Gasteiger partial charge in [0.2, 0.25) is 5.95 Å². The van der Waals surface area contributed by atoms with Crippen molar-refractivity contribution < 1.29 is 5.11 Å². The SMILES string of the molecule is CC1(C)C[C@@H](Nc2ncc(-c3ccccc3)cn2)CC[C@@H]1O. The maximum Gasteiger partial charge on any atom is 0.222 e. The van der Waals surface area contributed by atoms with Gasteiger partial charge in [0.05, 0.1) is 6.10 Å². The van der Waals surface area contributed by atoms with Crippen molar-refractivity contribution in [3.8, 4) is 11.1 Å². The summed E-state index contributed by atoms with van der Waals surface area (Å²) < 4.78 is 0. The highest BCUT2D eigenvalue weighted by molar-refractivity contribution is 5.61. The predicted octanol–water partition coefficient (Wildman–Crippen LogP) is 3.50. The highest BCUT2D eigenvalue weighted by Crippen LogP contribution is 2.36. The van der Waals surface area contributed by atoms with E-state index in [2.05, 4.69) is 41.3 Å². The first kappa shape index (κ1) is 15.0. The second-order valence-corrected chi connectivity index (χ2v) is 6.79. The largest absolute Gasteiger partial charge is 0.393 e. The zero-order valence-electron chi connectivity index (χ0n) is 13.2. The Bertz CT molecular complexity index is 610. The summed E-state index contributed by atoms with van der Waals surface area (Å²) in [6.07, 6.45) is 6.20. The summed E-state index contributed by atoms with van der Waals surface area (Å²) in [4.78, 5) is 8.86. The van der Waals surface area contributed by atoms with Gasteiger partial charge in [-0.2, -0.15) is 0 Å². The molecule has 1 saturated carbocycles. The van der Waals surface area contributed by atoms with Crippen LogP contribution in [0.4, 0.5) is 5.95 Å². The normalized spacial score (nSPS) is 24.0. The number of hydrogen-bond donors (Lipinski definition) is 2. The quantitative estimate of drug-likeness (QED) is 0.910. The third-order valence-corrected chi connectivity index (χ3v) is 4.56. The van der Waals surface area contributed by atoms with E-state index in [-0.39, 0.29) is 11.5 Å². The minimum Gasteiger partial charge on any atom is -0.393 e. The fraction of sp³-hybridized carbons (Fsp3) is 0.444. The average molecular weight is 297 g/mol. The minimum absolute atomic E-state index is 0.0557. The topological polar surface area (TPSA) is 58.0 Å². The summed E-state index contributed by atoms with van der Waals surface area (Å²) in [5, 5.41) is 13.4. The Morgan fingerprint density at radius 2 is 1.73 bits per heavy atom. The highest BCUT2D eigenvalue weighted by Gasteiger charge is 2.35. The Balaban J connectivity index is 1.67. The molecule has 1 heterocycles. The van der Waals surface area contributed by atoms with Crippen LogP contribution < -0.4 is 5.32 Å². The number of benzene rings is 1. The Labute approximate surface area is 131 Å². The van der Waals surface area contributed by atoms with Crippen molar-refractivity contribution in [1.82, 2.24) is 9.97 Å². The fourth-order valence-corrected chi connectivity index (χ4v) is 3.11.